The minimum atomic E-state index is -0.219. The van der Waals surface area contributed by atoms with E-state index in [-0.39, 0.29) is 30.1 Å². The number of carbonyl (C=O) groups excluding carboxylic acids is 1. The van der Waals surface area contributed by atoms with Gasteiger partial charge in [-0.25, -0.2) is 9.78 Å². The Morgan fingerprint density at radius 1 is 1.46 bits per heavy atom. The lowest BCUT2D eigenvalue weighted by Gasteiger charge is -2.32. The highest BCUT2D eigenvalue weighted by atomic mass is 127. The Kier molecular flexibility index (Phi) is 7.94. The van der Waals surface area contributed by atoms with Crippen molar-refractivity contribution in [1.82, 2.24) is 24.9 Å². The number of aliphatic imine (C=N–C) groups is 1. The highest BCUT2D eigenvalue weighted by molar-refractivity contribution is 14.0. The van der Waals surface area contributed by atoms with Gasteiger partial charge < -0.3 is 20.3 Å². The van der Waals surface area contributed by atoms with E-state index >= 15 is 0 Å². The Bertz CT molecular complexity index is 710. The molecule has 2 aromatic rings. The van der Waals surface area contributed by atoms with Gasteiger partial charge in [-0.1, -0.05) is 0 Å². The van der Waals surface area contributed by atoms with Crippen LogP contribution in [0.5, 0.6) is 0 Å². The molecule has 144 valence electrons. The van der Waals surface area contributed by atoms with Gasteiger partial charge in [-0.15, -0.1) is 35.3 Å². The number of hydrogen-bond donors (Lipinski definition) is 2. The Hall–Kier alpha value is -1.56. The fourth-order valence-electron chi connectivity index (χ4n) is 2.84. The van der Waals surface area contributed by atoms with E-state index in [0.717, 1.165) is 29.5 Å². The van der Waals surface area contributed by atoms with Crippen LogP contribution in [-0.2, 0) is 11.3 Å². The molecule has 0 spiro atoms. The van der Waals surface area contributed by atoms with Crippen molar-refractivity contribution >= 4 is 52.3 Å². The van der Waals surface area contributed by atoms with E-state index in [4.69, 9.17) is 4.74 Å². The number of guanidine groups is 1. The second kappa shape index (κ2) is 9.95. The molecule has 0 atom stereocenters. The largest absolute Gasteiger partial charge is 0.450 e. The summed E-state index contributed by atoms with van der Waals surface area (Å²) in [6, 6.07) is 0.294. The van der Waals surface area contributed by atoms with E-state index < -0.39 is 0 Å². The number of likely N-dealkylation sites (tertiary alicyclic amines) is 1. The van der Waals surface area contributed by atoms with Crippen LogP contribution in [0.2, 0.25) is 0 Å². The molecule has 0 radical (unpaired) electrons. The first-order chi connectivity index (χ1) is 12.2. The van der Waals surface area contributed by atoms with Crippen LogP contribution in [0.4, 0.5) is 4.79 Å². The standard InChI is InChI=1S/C16H24N6O2S.HI/c1-3-24-16(23)21-6-4-12(5-7-21)19-14(17-2)18-10-13-11-22-8-9-25-15(22)20-13;/h8-9,11-12H,3-7,10H2,1-2H3,(H2,17,18,19);1H. The molecule has 2 aromatic heterocycles. The zero-order valence-electron chi connectivity index (χ0n) is 15.0. The summed E-state index contributed by atoms with van der Waals surface area (Å²) in [5, 5.41) is 8.74. The fraction of sp³-hybridized carbons (Fsp3) is 0.562. The molecule has 10 heteroatoms. The number of halogens is 1. The number of nitrogens with one attached hydrogen (secondary N) is 2. The molecular weight excluding hydrogens is 467 g/mol. The molecule has 3 heterocycles. The molecule has 1 aliphatic rings. The molecule has 1 fully saturated rings. The number of carbonyl (C=O) groups is 1. The van der Waals surface area contributed by atoms with Gasteiger partial charge in [-0.2, -0.15) is 0 Å². The van der Waals surface area contributed by atoms with Gasteiger partial charge in [0.1, 0.15) is 0 Å². The van der Waals surface area contributed by atoms with E-state index in [2.05, 4.69) is 20.6 Å². The Morgan fingerprint density at radius 3 is 2.88 bits per heavy atom. The molecule has 0 aromatic carbocycles. The van der Waals surface area contributed by atoms with Gasteiger partial charge in [0.25, 0.3) is 0 Å². The average molecular weight is 492 g/mol. The quantitative estimate of drug-likeness (QED) is 0.389. The Balaban J connectivity index is 0.00000243. The third-order valence-electron chi connectivity index (χ3n) is 4.17. The maximum atomic E-state index is 11.7. The van der Waals surface area contributed by atoms with Crippen LogP contribution in [0, 0.1) is 0 Å². The smallest absolute Gasteiger partial charge is 0.409 e. The lowest BCUT2D eigenvalue weighted by atomic mass is 10.1. The molecule has 1 amide bonds. The number of nitrogens with zero attached hydrogens (tertiary/aromatic N) is 4. The summed E-state index contributed by atoms with van der Waals surface area (Å²) in [5.41, 5.74) is 0.979. The minimum Gasteiger partial charge on any atom is -0.450 e. The first kappa shape index (κ1) is 20.7. The zero-order chi connectivity index (χ0) is 17.6. The van der Waals surface area contributed by atoms with Gasteiger partial charge in [0, 0.05) is 44.0 Å². The average Bonchev–Trinajstić information content (AvgIpc) is 3.21. The summed E-state index contributed by atoms with van der Waals surface area (Å²) in [6.45, 7) is 4.26. The van der Waals surface area contributed by atoms with Crippen molar-refractivity contribution < 1.29 is 9.53 Å². The number of fused-ring (bicyclic) bond motifs is 1. The maximum absolute atomic E-state index is 11.7. The van der Waals surface area contributed by atoms with E-state index in [1.54, 1.807) is 23.3 Å². The van der Waals surface area contributed by atoms with Crippen molar-refractivity contribution in [3.8, 4) is 0 Å². The molecule has 1 saturated heterocycles. The number of thiazole rings is 1. The van der Waals surface area contributed by atoms with Crippen LogP contribution < -0.4 is 10.6 Å². The number of amides is 1. The van der Waals surface area contributed by atoms with Crippen molar-refractivity contribution in [2.75, 3.05) is 26.7 Å². The summed E-state index contributed by atoms with van der Waals surface area (Å²) in [4.78, 5) is 23.3. The second-order valence-corrected chi connectivity index (χ2v) is 6.73. The van der Waals surface area contributed by atoms with Crippen LogP contribution >= 0.6 is 35.3 Å². The van der Waals surface area contributed by atoms with E-state index in [0.29, 0.717) is 32.3 Å². The molecule has 0 bridgehead atoms. The normalized spacial score (nSPS) is 15.6. The van der Waals surface area contributed by atoms with Gasteiger partial charge in [0.15, 0.2) is 10.9 Å². The third-order valence-corrected chi connectivity index (χ3v) is 4.94. The SMILES string of the molecule is CCOC(=O)N1CCC(NC(=NC)NCc2cn3ccsc3n2)CC1.I. The first-order valence-corrected chi connectivity index (χ1v) is 9.37. The van der Waals surface area contributed by atoms with Crippen molar-refractivity contribution in [2.24, 2.45) is 4.99 Å². The fourth-order valence-corrected chi connectivity index (χ4v) is 3.56. The predicted octanol–water partition coefficient (Wildman–Crippen LogP) is 2.30. The Morgan fingerprint density at radius 2 is 2.23 bits per heavy atom. The summed E-state index contributed by atoms with van der Waals surface area (Å²) in [6.07, 6.45) is 5.55. The van der Waals surface area contributed by atoms with Crippen LogP contribution in [0.15, 0.2) is 22.8 Å². The molecule has 3 rings (SSSR count). The number of hydrogen-bond acceptors (Lipinski definition) is 5. The van der Waals surface area contributed by atoms with Gasteiger partial charge in [0.05, 0.1) is 18.8 Å². The van der Waals surface area contributed by atoms with Crippen LogP contribution in [0.1, 0.15) is 25.5 Å². The van der Waals surface area contributed by atoms with Crippen LogP contribution in [0.3, 0.4) is 0 Å². The first-order valence-electron chi connectivity index (χ1n) is 8.49. The monoisotopic (exact) mass is 492 g/mol. The lowest BCUT2D eigenvalue weighted by Crippen LogP contribution is -2.49. The lowest BCUT2D eigenvalue weighted by molar-refractivity contribution is 0.0963. The van der Waals surface area contributed by atoms with Crippen LogP contribution in [-0.4, -0.2) is 59.1 Å². The van der Waals surface area contributed by atoms with Crippen LogP contribution in [0.25, 0.3) is 4.96 Å². The van der Waals surface area contributed by atoms with E-state index in [1.165, 1.54) is 0 Å². The molecule has 0 unspecified atom stereocenters. The van der Waals surface area contributed by atoms with Crippen molar-refractivity contribution in [3.05, 3.63) is 23.5 Å². The topological polar surface area (TPSA) is 83.3 Å². The number of rotatable bonds is 4. The Labute approximate surface area is 174 Å². The van der Waals surface area contributed by atoms with Crippen molar-refractivity contribution in [1.29, 1.82) is 0 Å². The predicted molar refractivity (Wildman–Crippen MR) is 113 cm³/mol. The van der Waals surface area contributed by atoms with Gasteiger partial charge >= 0.3 is 6.09 Å². The summed E-state index contributed by atoms with van der Waals surface area (Å²) in [5.74, 6) is 0.755. The number of ether oxygens (including phenoxy) is 1. The number of imidazole rings is 1. The number of aromatic nitrogens is 2. The molecular formula is C16H25IN6O2S. The van der Waals surface area contributed by atoms with E-state index in [9.17, 15) is 4.79 Å². The molecule has 2 N–H and O–H groups in total. The number of piperidine rings is 1. The minimum absolute atomic E-state index is 0. The van der Waals surface area contributed by atoms with Crippen molar-refractivity contribution in [3.63, 3.8) is 0 Å². The van der Waals surface area contributed by atoms with Gasteiger partial charge in [-0.3, -0.25) is 9.39 Å². The highest BCUT2D eigenvalue weighted by Crippen LogP contribution is 2.12. The third kappa shape index (κ3) is 5.22. The highest BCUT2D eigenvalue weighted by Gasteiger charge is 2.24. The maximum Gasteiger partial charge on any atom is 0.409 e. The van der Waals surface area contributed by atoms with E-state index in [1.807, 2.05) is 29.1 Å². The molecule has 0 aliphatic carbocycles. The second-order valence-electron chi connectivity index (χ2n) is 5.86. The van der Waals surface area contributed by atoms with Gasteiger partial charge in [0.2, 0.25) is 0 Å². The summed E-state index contributed by atoms with van der Waals surface area (Å²) in [7, 11) is 1.76. The molecule has 8 nitrogen and oxygen atoms in total. The summed E-state index contributed by atoms with van der Waals surface area (Å²) < 4.78 is 7.06. The summed E-state index contributed by atoms with van der Waals surface area (Å²) >= 11 is 1.62. The molecule has 1 aliphatic heterocycles. The van der Waals surface area contributed by atoms with Gasteiger partial charge in [-0.05, 0) is 19.8 Å². The van der Waals surface area contributed by atoms with Crippen molar-refractivity contribution in [2.45, 2.75) is 32.4 Å². The molecule has 0 saturated carbocycles. The zero-order valence-corrected chi connectivity index (χ0v) is 18.1. The molecule has 26 heavy (non-hydrogen) atoms.